The predicted octanol–water partition coefficient (Wildman–Crippen LogP) is 2.52. The first kappa shape index (κ1) is 17.7. The largest absolute Gasteiger partial charge is 0.486 e. The second-order valence-corrected chi connectivity index (χ2v) is 7.51. The lowest BCUT2D eigenvalue weighted by molar-refractivity contribution is 0.0569. The van der Waals surface area contributed by atoms with Crippen LogP contribution >= 0.6 is 0 Å². The van der Waals surface area contributed by atoms with Crippen LogP contribution in [-0.2, 0) is 6.42 Å². The summed E-state index contributed by atoms with van der Waals surface area (Å²) in [4.78, 5) is 4.47. The van der Waals surface area contributed by atoms with E-state index in [9.17, 15) is 13.9 Å². The van der Waals surface area contributed by atoms with Gasteiger partial charge >= 0.3 is 0 Å². The average Bonchev–Trinajstić information content (AvgIpc) is 3.04. The molecule has 0 radical (unpaired) electrons. The Balaban J connectivity index is 1.30. The van der Waals surface area contributed by atoms with Crippen LogP contribution in [0.5, 0.6) is 11.5 Å². The topological polar surface area (TPSA) is 45.2 Å². The molecule has 0 unspecified atom stereocenters. The van der Waals surface area contributed by atoms with Crippen molar-refractivity contribution < 1.29 is 23.4 Å². The van der Waals surface area contributed by atoms with E-state index in [0.717, 1.165) is 49.4 Å². The van der Waals surface area contributed by atoms with Gasteiger partial charge in [-0.05, 0) is 41.8 Å². The van der Waals surface area contributed by atoms with Crippen LogP contribution in [0.2, 0.25) is 0 Å². The van der Waals surface area contributed by atoms with Gasteiger partial charge in [0.15, 0.2) is 23.1 Å². The van der Waals surface area contributed by atoms with Crippen molar-refractivity contribution in [2.24, 2.45) is 0 Å². The number of anilines is 1. The van der Waals surface area contributed by atoms with Gasteiger partial charge in [0, 0.05) is 32.2 Å². The molecule has 1 N–H and O–H groups in total. The van der Waals surface area contributed by atoms with E-state index in [0.29, 0.717) is 30.8 Å². The van der Waals surface area contributed by atoms with Gasteiger partial charge in [0.1, 0.15) is 13.2 Å². The molecule has 2 aromatic rings. The van der Waals surface area contributed by atoms with Crippen molar-refractivity contribution in [2.75, 3.05) is 44.3 Å². The molecule has 5 rings (SSSR count). The van der Waals surface area contributed by atoms with Crippen LogP contribution in [-0.4, -0.2) is 55.4 Å². The summed E-state index contributed by atoms with van der Waals surface area (Å²) in [6.07, 6.45) is -0.261. The summed E-state index contributed by atoms with van der Waals surface area (Å²) in [6.45, 7) is 4.18. The number of ether oxygens (including phenoxy) is 2. The summed E-state index contributed by atoms with van der Waals surface area (Å²) in [5, 5.41) is 10.7. The third-order valence-corrected chi connectivity index (χ3v) is 5.96. The number of aliphatic hydroxyl groups excluding tert-OH is 1. The number of halogens is 2. The maximum absolute atomic E-state index is 13.6. The normalized spacial score (nSPS) is 24.3. The number of benzene rings is 2. The van der Waals surface area contributed by atoms with Crippen LogP contribution in [0, 0.1) is 11.6 Å². The smallest absolute Gasteiger partial charge is 0.184 e. The Kier molecular flexibility index (Phi) is 4.36. The van der Waals surface area contributed by atoms with E-state index in [4.69, 9.17) is 9.47 Å². The molecule has 7 heteroatoms. The SMILES string of the molecule is O[C@@H]1c2cc(F)c(F)cc2C[C@H]1N1CCN(c2cccc3c2OCCO3)CC1. The molecular formula is C21H22F2N2O3. The van der Waals surface area contributed by atoms with Crippen LogP contribution in [0.15, 0.2) is 30.3 Å². The molecule has 3 aliphatic rings. The molecule has 1 saturated heterocycles. The van der Waals surface area contributed by atoms with Gasteiger partial charge in [-0.2, -0.15) is 0 Å². The first-order valence-corrected chi connectivity index (χ1v) is 9.65. The fourth-order valence-corrected chi connectivity index (χ4v) is 4.53. The highest BCUT2D eigenvalue weighted by Crippen LogP contribution is 2.41. The monoisotopic (exact) mass is 388 g/mol. The quantitative estimate of drug-likeness (QED) is 0.857. The zero-order valence-corrected chi connectivity index (χ0v) is 15.4. The minimum atomic E-state index is -0.903. The highest BCUT2D eigenvalue weighted by Gasteiger charge is 2.37. The number of hydrogen-bond acceptors (Lipinski definition) is 5. The molecule has 2 atom stereocenters. The Morgan fingerprint density at radius 1 is 0.964 bits per heavy atom. The molecule has 2 aliphatic heterocycles. The van der Waals surface area contributed by atoms with E-state index in [1.807, 2.05) is 18.2 Å². The maximum Gasteiger partial charge on any atom is 0.184 e. The van der Waals surface area contributed by atoms with E-state index < -0.39 is 17.7 Å². The summed E-state index contributed by atoms with van der Waals surface area (Å²) in [5.74, 6) is -0.190. The van der Waals surface area contributed by atoms with Crippen molar-refractivity contribution in [2.45, 2.75) is 18.6 Å². The van der Waals surface area contributed by atoms with Gasteiger partial charge in [-0.3, -0.25) is 4.90 Å². The molecule has 0 spiro atoms. The van der Waals surface area contributed by atoms with Crippen LogP contribution in [0.25, 0.3) is 0 Å². The van der Waals surface area contributed by atoms with Gasteiger partial charge in [0.05, 0.1) is 11.8 Å². The highest BCUT2D eigenvalue weighted by molar-refractivity contribution is 5.65. The zero-order valence-electron chi connectivity index (χ0n) is 15.4. The van der Waals surface area contributed by atoms with Crippen LogP contribution < -0.4 is 14.4 Å². The number of fused-ring (bicyclic) bond motifs is 2. The van der Waals surface area contributed by atoms with Crippen LogP contribution in [0.1, 0.15) is 17.2 Å². The van der Waals surface area contributed by atoms with Crippen molar-refractivity contribution >= 4 is 5.69 Å². The molecule has 5 nitrogen and oxygen atoms in total. The standard InChI is InChI=1S/C21H22F2N2O3/c22-15-10-13-11-18(20(26)14(13)12-16(15)23)25-6-4-24(5-7-25)17-2-1-3-19-21(17)28-9-8-27-19/h1-3,10,12,18,20,26H,4-9,11H2/t18-,20-/m1/s1. The van der Waals surface area contributed by atoms with E-state index >= 15 is 0 Å². The van der Waals surface area contributed by atoms with E-state index in [2.05, 4.69) is 9.80 Å². The summed E-state index contributed by atoms with van der Waals surface area (Å²) < 4.78 is 38.6. The molecule has 28 heavy (non-hydrogen) atoms. The number of piperazine rings is 1. The van der Waals surface area contributed by atoms with Gasteiger partial charge in [-0.25, -0.2) is 8.78 Å². The van der Waals surface area contributed by atoms with Crippen molar-refractivity contribution in [3.05, 3.63) is 53.1 Å². The number of nitrogens with zero attached hydrogens (tertiary/aromatic N) is 2. The average molecular weight is 388 g/mol. The van der Waals surface area contributed by atoms with Crippen LogP contribution in [0.3, 0.4) is 0 Å². The lowest BCUT2D eigenvalue weighted by atomic mass is 10.1. The van der Waals surface area contributed by atoms with E-state index in [1.165, 1.54) is 6.07 Å². The van der Waals surface area contributed by atoms with Gasteiger partial charge in [0.2, 0.25) is 0 Å². The molecule has 0 bridgehead atoms. The first-order chi connectivity index (χ1) is 13.6. The van der Waals surface area contributed by atoms with Crippen molar-refractivity contribution in [3.8, 4) is 11.5 Å². The first-order valence-electron chi connectivity index (χ1n) is 9.65. The van der Waals surface area contributed by atoms with Gasteiger partial charge in [-0.1, -0.05) is 6.07 Å². The Bertz CT molecular complexity index is 899. The van der Waals surface area contributed by atoms with Gasteiger partial charge < -0.3 is 19.5 Å². The highest BCUT2D eigenvalue weighted by atomic mass is 19.2. The molecular weight excluding hydrogens is 366 g/mol. The van der Waals surface area contributed by atoms with Gasteiger partial charge in [-0.15, -0.1) is 0 Å². The third kappa shape index (κ3) is 2.89. The van der Waals surface area contributed by atoms with Crippen molar-refractivity contribution in [1.29, 1.82) is 0 Å². The fraction of sp³-hybridized carbons (Fsp3) is 0.429. The van der Waals surface area contributed by atoms with E-state index in [1.54, 1.807) is 0 Å². The summed E-state index contributed by atoms with van der Waals surface area (Å²) in [6, 6.07) is 8.13. The Morgan fingerprint density at radius 3 is 2.54 bits per heavy atom. The fourth-order valence-electron chi connectivity index (χ4n) is 4.53. The van der Waals surface area contributed by atoms with Crippen molar-refractivity contribution in [3.63, 3.8) is 0 Å². The number of hydrogen-bond donors (Lipinski definition) is 1. The number of aliphatic hydroxyl groups is 1. The molecule has 148 valence electrons. The molecule has 0 aromatic heterocycles. The second kappa shape index (κ2) is 6.90. The zero-order chi connectivity index (χ0) is 19.3. The second-order valence-electron chi connectivity index (χ2n) is 7.51. The Hall–Kier alpha value is -2.38. The van der Waals surface area contributed by atoms with E-state index in [-0.39, 0.29) is 6.04 Å². The summed E-state index contributed by atoms with van der Waals surface area (Å²) >= 11 is 0. The minimum Gasteiger partial charge on any atom is -0.486 e. The number of para-hydroxylation sites is 1. The molecule has 0 amide bonds. The molecule has 0 saturated carbocycles. The molecule has 2 heterocycles. The lowest BCUT2D eigenvalue weighted by Crippen LogP contribution is -2.51. The summed E-state index contributed by atoms with van der Waals surface area (Å²) in [5.41, 5.74) is 2.23. The third-order valence-electron chi connectivity index (χ3n) is 5.96. The number of rotatable bonds is 2. The minimum absolute atomic E-state index is 0.150. The molecule has 1 aliphatic carbocycles. The Labute approximate surface area is 162 Å². The summed E-state index contributed by atoms with van der Waals surface area (Å²) in [7, 11) is 0. The van der Waals surface area contributed by atoms with Crippen molar-refractivity contribution in [1.82, 2.24) is 4.90 Å². The molecule has 2 aromatic carbocycles. The maximum atomic E-state index is 13.6. The van der Waals surface area contributed by atoms with Gasteiger partial charge in [0.25, 0.3) is 0 Å². The Morgan fingerprint density at radius 2 is 1.71 bits per heavy atom. The van der Waals surface area contributed by atoms with Crippen LogP contribution in [0.4, 0.5) is 14.5 Å². The lowest BCUT2D eigenvalue weighted by Gasteiger charge is -2.40. The molecule has 1 fully saturated rings. The predicted molar refractivity (Wildman–Crippen MR) is 100 cm³/mol.